The molecule has 12 heteroatoms. The number of carboxylic acids is 1. The zero-order valence-electron chi connectivity index (χ0n) is 24.8. The number of hydrogen-bond acceptors (Lipinski definition) is 9. The lowest BCUT2D eigenvalue weighted by atomic mass is 10.0. The number of benzene rings is 1. The molecule has 3 N–H and O–H groups in total. The van der Waals surface area contributed by atoms with Gasteiger partial charge >= 0.3 is 5.97 Å². The Balaban J connectivity index is 1.61. The van der Waals surface area contributed by atoms with Crippen LogP contribution in [0.3, 0.4) is 0 Å². The molecule has 1 saturated heterocycles. The number of carbonyl (C=O) groups is 3. The van der Waals surface area contributed by atoms with Crippen LogP contribution in [-0.2, 0) is 14.4 Å². The van der Waals surface area contributed by atoms with E-state index in [1.807, 2.05) is 51.3 Å². The Hall–Kier alpha value is -3.93. The highest BCUT2D eigenvalue weighted by molar-refractivity contribution is 7.14. The second kappa shape index (κ2) is 13.4. The number of likely N-dealkylation sites (tertiary alicyclic amines) is 1. The number of pyridine rings is 1. The summed E-state index contributed by atoms with van der Waals surface area (Å²) in [6.45, 7) is 9.62. The molecule has 0 saturated carbocycles. The number of amides is 2. The predicted molar refractivity (Wildman–Crippen MR) is 162 cm³/mol. The van der Waals surface area contributed by atoms with Crippen LogP contribution in [0.4, 0.5) is 5.13 Å². The van der Waals surface area contributed by atoms with Crippen molar-refractivity contribution in [3.8, 4) is 22.9 Å². The lowest BCUT2D eigenvalue weighted by molar-refractivity contribution is -0.148. The second-order valence-corrected chi connectivity index (χ2v) is 12.2. The summed E-state index contributed by atoms with van der Waals surface area (Å²) in [5.41, 5.74) is 1.92. The quantitative estimate of drug-likeness (QED) is 0.274. The van der Waals surface area contributed by atoms with Crippen molar-refractivity contribution in [3.05, 3.63) is 29.6 Å². The van der Waals surface area contributed by atoms with Crippen molar-refractivity contribution in [3.63, 3.8) is 0 Å². The molecular weight excluding hydrogens is 558 g/mol. The molecule has 0 bridgehead atoms. The number of rotatable bonds is 12. The highest BCUT2D eigenvalue weighted by atomic mass is 32.1. The number of anilines is 1. The van der Waals surface area contributed by atoms with Gasteiger partial charge in [-0.05, 0) is 38.3 Å². The molecule has 226 valence electrons. The second-order valence-electron chi connectivity index (χ2n) is 11.3. The van der Waals surface area contributed by atoms with Crippen LogP contribution in [0.25, 0.3) is 22.3 Å². The number of fused-ring (bicyclic) bond motifs is 1. The smallest absolute Gasteiger partial charge is 0.326 e. The maximum absolute atomic E-state index is 13.4. The number of carboxylic acid groups (broad SMARTS) is 1. The standard InChI is InChI=1S/C30H39N5O6S/c1-16(2)9-19(32-18(5)36)10-28(37)35-14-21(12-26(35)29(38)39)41-27-13-24(25-15-42-30(34-25)31-17(3)4)33-23-11-20(40-6)7-8-22(23)27/h7-8,11,13,15-17,19,21,26H,9-10,12,14H2,1-6H3,(H,31,34)(H,32,36)(H,38,39)/t19-,21?,26?/m0/s1. The van der Waals surface area contributed by atoms with E-state index < -0.39 is 18.1 Å². The monoisotopic (exact) mass is 597 g/mol. The predicted octanol–water partition coefficient (Wildman–Crippen LogP) is 4.56. The molecule has 2 amide bonds. The van der Waals surface area contributed by atoms with Gasteiger partial charge in [0, 0.05) is 54.7 Å². The number of methoxy groups -OCH3 is 1. The van der Waals surface area contributed by atoms with E-state index in [-0.39, 0.29) is 49.2 Å². The molecule has 0 spiro atoms. The van der Waals surface area contributed by atoms with E-state index in [4.69, 9.17) is 14.5 Å². The summed E-state index contributed by atoms with van der Waals surface area (Å²) in [7, 11) is 1.58. The van der Waals surface area contributed by atoms with Crippen molar-refractivity contribution in [2.24, 2.45) is 5.92 Å². The molecule has 2 aromatic heterocycles. The molecule has 2 unspecified atom stereocenters. The van der Waals surface area contributed by atoms with Crippen molar-refractivity contribution < 1.29 is 29.0 Å². The third-order valence-corrected chi connectivity index (χ3v) is 7.68. The average Bonchev–Trinajstić information content (AvgIpc) is 3.54. The SMILES string of the molecule is COc1ccc2c(OC3CC(C(=O)O)N(C(=O)C[C@H](CC(C)C)NC(C)=O)C3)cc(-c3csc(NC(C)C)n3)nc2c1. The van der Waals surface area contributed by atoms with E-state index in [0.717, 1.165) is 10.5 Å². The van der Waals surface area contributed by atoms with E-state index in [0.29, 0.717) is 34.8 Å². The number of nitrogens with one attached hydrogen (secondary N) is 2. The maximum Gasteiger partial charge on any atom is 0.326 e. The Bertz CT molecular complexity index is 1440. The highest BCUT2D eigenvalue weighted by Crippen LogP contribution is 2.35. The third kappa shape index (κ3) is 7.67. The van der Waals surface area contributed by atoms with Crippen LogP contribution >= 0.6 is 11.3 Å². The summed E-state index contributed by atoms with van der Waals surface area (Å²) < 4.78 is 11.9. The molecule has 3 aromatic rings. The van der Waals surface area contributed by atoms with Crippen LogP contribution in [0, 0.1) is 5.92 Å². The first-order valence-corrected chi connectivity index (χ1v) is 15.0. The van der Waals surface area contributed by atoms with Gasteiger partial charge in [-0.25, -0.2) is 14.8 Å². The number of aliphatic carboxylic acids is 1. The summed E-state index contributed by atoms with van der Waals surface area (Å²) in [5.74, 6) is -0.240. The fourth-order valence-electron chi connectivity index (χ4n) is 5.19. The minimum absolute atomic E-state index is 0.0208. The van der Waals surface area contributed by atoms with Crippen LogP contribution in [0.1, 0.15) is 53.9 Å². The molecule has 42 heavy (non-hydrogen) atoms. The number of carbonyl (C=O) groups excluding carboxylic acids is 2. The maximum atomic E-state index is 13.4. The fraction of sp³-hybridized carbons (Fsp3) is 0.500. The average molecular weight is 598 g/mol. The molecular formula is C30H39N5O6S. The van der Waals surface area contributed by atoms with Gasteiger partial charge in [0.05, 0.1) is 24.9 Å². The zero-order valence-corrected chi connectivity index (χ0v) is 25.7. The topological polar surface area (TPSA) is 143 Å². The molecule has 1 fully saturated rings. The number of aromatic nitrogens is 2. The molecule has 11 nitrogen and oxygen atoms in total. The van der Waals surface area contributed by atoms with E-state index >= 15 is 0 Å². The molecule has 0 radical (unpaired) electrons. The molecule has 1 aliphatic rings. The van der Waals surface area contributed by atoms with Gasteiger partial charge in [0.2, 0.25) is 11.8 Å². The van der Waals surface area contributed by atoms with Gasteiger partial charge in [0.15, 0.2) is 5.13 Å². The van der Waals surface area contributed by atoms with Gasteiger partial charge in [0.25, 0.3) is 0 Å². The van der Waals surface area contributed by atoms with Crippen molar-refractivity contribution in [2.45, 2.75) is 78.1 Å². The van der Waals surface area contributed by atoms with E-state index in [9.17, 15) is 19.5 Å². The largest absolute Gasteiger partial charge is 0.497 e. The molecule has 4 rings (SSSR count). The normalized spacial score (nSPS) is 17.5. The summed E-state index contributed by atoms with van der Waals surface area (Å²) in [5, 5.41) is 19.5. The van der Waals surface area contributed by atoms with Gasteiger partial charge in [-0.1, -0.05) is 13.8 Å². The Kier molecular flexibility index (Phi) is 9.87. The van der Waals surface area contributed by atoms with Crippen LogP contribution in [0.2, 0.25) is 0 Å². The fourth-order valence-corrected chi connectivity index (χ4v) is 6.04. The van der Waals surface area contributed by atoms with Crippen molar-refractivity contribution in [1.82, 2.24) is 20.2 Å². The van der Waals surface area contributed by atoms with Gasteiger partial charge in [-0.2, -0.15) is 0 Å². The lowest BCUT2D eigenvalue weighted by Crippen LogP contribution is -2.45. The zero-order chi connectivity index (χ0) is 30.6. The van der Waals surface area contributed by atoms with Crippen LogP contribution < -0.4 is 20.1 Å². The summed E-state index contributed by atoms with van der Waals surface area (Å²) in [4.78, 5) is 48.1. The Labute approximate surface area is 249 Å². The summed E-state index contributed by atoms with van der Waals surface area (Å²) in [6, 6.07) is 6.10. The van der Waals surface area contributed by atoms with Crippen molar-refractivity contribution >= 4 is 45.2 Å². The molecule has 0 aliphatic carbocycles. The van der Waals surface area contributed by atoms with E-state index in [2.05, 4.69) is 15.6 Å². The summed E-state index contributed by atoms with van der Waals surface area (Å²) in [6.07, 6.45) is 0.197. The van der Waals surface area contributed by atoms with Crippen molar-refractivity contribution in [1.29, 1.82) is 0 Å². The van der Waals surface area contributed by atoms with Crippen LogP contribution in [-0.4, -0.2) is 75.6 Å². The molecule has 1 aliphatic heterocycles. The Morgan fingerprint density at radius 1 is 1.14 bits per heavy atom. The first-order valence-electron chi connectivity index (χ1n) is 14.1. The Morgan fingerprint density at radius 2 is 1.90 bits per heavy atom. The minimum atomic E-state index is -1.09. The summed E-state index contributed by atoms with van der Waals surface area (Å²) >= 11 is 1.48. The first-order chi connectivity index (χ1) is 19.9. The van der Waals surface area contributed by atoms with Gasteiger partial charge in [-0.15, -0.1) is 11.3 Å². The number of thiazole rings is 1. The molecule has 1 aromatic carbocycles. The Morgan fingerprint density at radius 3 is 2.55 bits per heavy atom. The van der Waals surface area contributed by atoms with Gasteiger partial charge in [0.1, 0.15) is 29.3 Å². The number of nitrogens with zero attached hydrogens (tertiary/aromatic N) is 3. The van der Waals surface area contributed by atoms with Crippen LogP contribution in [0.15, 0.2) is 29.6 Å². The van der Waals surface area contributed by atoms with E-state index in [1.54, 1.807) is 13.2 Å². The van der Waals surface area contributed by atoms with Gasteiger partial charge < -0.3 is 30.1 Å². The van der Waals surface area contributed by atoms with Crippen LogP contribution in [0.5, 0.6) is 11.5 Å². The van der Waals surface area contributed by atoms with E-state index in [1.165, 1.54) is 23.2 Å². The lowest BCUT2D eigenvalue weighted by Gasteiger charge is -2.25. The highest BCUT2D eigenvalue weighted by Gasteiger charge is 2.41. The number of hydrogen-bond donors (Lipinski definition) is 3. The minimum Gasteiger partial charge on any atom is -0.497 e. The van der Waals surface area contributed by atoms with Gasteiger partial charge in [-0.3, -0.25) is 9.59 Å². The first kappa shape index (κ1) is 31.0. The third-order valence-electron chi connectivity index (χ3n) is 6.90. The molecule has 3 atom stereocenters. The molecule has 3 heterocycles. The number of ether oxygens (including phenoxy) is 2. The van der Waals surface area contributed by atoms with Crippen molar-refractivity contribution in [2.75, 3.05) is 19.0 Å².